The molecule has 1 saturated carbocycles. The van der Waals surface area contributed by atoms with Crippen LogP contribution in [-0.2, 0) is 0 Å². The van der Waals surface area contributed by atoms with Crippen LogP contribution in [0.5, 0.6) is 0 Å². The standard InChI is InChI=1S/C13H26F2N2/c1-3-16-12-8-6-4-5-7-11(12)9-17(2)10-13(14)15/h11-13,16H,3-10H2,1-2H3. The van der Waals surface area contributed by atoms with Crippen LogP contribution in [-0.4, -0.2) is 44.0 Å². The molecule has 17 heavy (non-hydrogen) atoms. The summed E-state index contributed by atoms with van der Waals surface area (Å²) in [6.07, 6.45) is 3.95. The summed E-state index contributed by atoms with van der Waals surface area (Å²) in [5, 5.41) is 3.52. The number of hydrogen-bond donors (Lipinski definition) is 1. The summed E-state index contributed by atoms with van der Waals surface area (Å²) in [7, 11) is 1.81. The predicted octanol–water partition coefficient (Wildman–Crippen LogP) is 2.74. The van der Waals surface area contributed by atoms with Crippen molar-refractivity contribution in [3.63, 3.8) is 0 Å². The van der Waals surface area contributed by atoms with E-state index < -0.39 is 6.43 Å². The monoisotopic (exact) mass is 248 g/mol. The highest BCUT2D eigenvalue weighted by molar-refractivity contribution is 4.81. The first kappa shape index (κ1) is 14.8. The Morgan fingerprint density at radius 3 is 2.59 bits per heavy atom. The summed E-state index contributed by atoms with van der Waals surface area (Å²) in [6.45, 7) is 3.78. The lowest BCUT2D eigenvalue weighted by atomic mass is 9.94. The van der Waals surface area contributed by atoms with Crippen LogP contribution in [0.15, 0.2) is 0 Å². The van der Waals surface area contributed by atoms with Crippen LogP contribution in [0.25, 0.3) is 0 Å². The zero-order valence-electron chi connectivity index (χ0n) is 11.1. The second kappa shape index (κ2) is 7.98. The van der Waals surface area contributed by atoms with E-state index in [0.29, 0.717) is 12.0 Å². The molecule has 0 heterocycles. The van der Waals surface area contributed by atoms with Gasteiger partial charge in [-0.1, -0.05) is 26.2 Å². The van der Waals surface area contributed by atoms with Crippen molar-refractivity contribution in [3.05, 3.63) is 0 Å². The maximum absolute atomic E-state index is 12.3. The summed E-state index contributed by atoms with van der Waals surface area (Å²) in [4.78, 5) is 1.78. The van der Waals surface area contributed by atoms with E-state index in [4.69, 9.17) is 0 Å². The van der Waals surface area contributed by atoms with Crippen LogP contribution >= 0.6 is 0 Å². The normalized spacial score (nSPS) is 26.5. The third kappa shape index (κ3) is 5.77. The molecular weight excluding hydrogens is 222 g/mol. The number of alkyl halides is 2. The number of nitrogens with zero attached hydrogens (tertiary/aromatic N) is 1. The molecule has 0 aromatic carbocycles. The second-order valence-electron chi connectivity index (χ2n) is 5.17. The molecule has 0 saturated heterocycles. The van der Waals surface area contributed by atoms with Gasteiger partial charge in [0, 0.05) is 12.6 Å². The lowest BCUT2D eigenvalue weighted by Gasteiger charge is -2.29. The van der Waals surface area contributed by atoms with E-state index in [1.54, 1.807) is 11.9 Å². The van der Waals surface area contributed by atoms with Crippen molar-refractivity contribution in [2.45, 2.75) is 51.5 Å². The summed E-state index contributed by atoms with van der Waals surface area (Å²) in [6, 6.07) is 0.516. The number of nitrogens with one attached hydrogen (secondary N) is 1. The molecular formula is C13H26F2N2. The Balaban J connectivity index is 2.44. The first-order valence-electron chi connectivity index (χ1n) is 6.83. The molecule has 0 amide bonds. The molecule has 0 aromatic rings. The average molecular weight is 248 g/mol. The molecule has 4 heteroatoms. The maximum Gasteiger partial charge on any atom is 0.251 e. The number of halogens is 2. The highest BCUT2D eigenvalue weighted by Crippen LogP contribution is 2.24. The van der Waals surface area contributed by atoms with Gasteiger partial charge in [0.1, 0.15) is 0 Å². The lowest BCUT2D eigenvalue weighted by molar-refractivity contribution is 0.0883. The average Bonchev–Trinajstić information content (AvgIpc) is 2.44. The number of rotatable bonds is 6. The van der Waals surface area contributed by atoms with Crippen molar-refractivity contribution < 1.29 is 8.78 Å². The fourth-order valence-electron chi connectivity index (χ4n) is 2.84. The molecule has 1 N–H and O–H groups in total. The molecule has 1 aliphatic rings. The van der Waals surface area contributed by atoms with Gasteiger partial charge in [-0.3, -0.25) is 0 Å². The van der Waals surface area contributed by atoms with Gasteiger partial charge in [-0.2, -0.15) is 0 Å². The maximum atomic E-state index is 12.3. The summed E-state index contributed by atoms with van der Waals surface area (Å²) in [5.74, 6) is 0.529. The number of hydrogen-bond acceptors (Lipinski definition) is 2. The molecule has 0 aliphatic heterocycles. The van der Waals surface area contributed by atoms with Gasteiger partial charge < -0.3 is 10.2 Å². The second-order valence-corrected chi connectivity index (χ2v) is 5.17. The van der Waals surface area contributed by atoms with E-state index in [-0.39, 0.29) is 6.54 Å². The minimum Gasteiger partial charge on any atom is -0.314 e. The molecule has 2 nitrogen and oxygen atoms in total. The van der Waals surface area contributed by atoms with E-state index in [1.165, 1.54) is 32.1 Å². The Morgan fingerprint density at radius 2 is 1.94 bits per heavy atom. The summed E-state index contributed by atoms with van der Waals surface area (Å²) >= 11 is 0. The van der Waals surface area contributed by atoms with E-state index in [1.807, 2.05) is 0 Å². The first-order chi connectivity index (χ1) is 8.13. The lowest BCUT2D eigenvalue weighted by Crippen LogP contribution is -2.41. The molecule has 0 spiro atoms. The Labute approximate surface area is 104 Å². The third-order valence-corrected chi connectivity index (χ3v) is 3.62. The van der Waals surface area contributed by atoms with E-state index >= 15 is 0 Å². The fraction of sp³-hybridized carbons (Fsp3) is 1.00. The molecule has 0 radical (unpaired) electrons. The molecule has 0 bridgehead atoms. The van der Waals surface area contributed by atoms with Gasteiger partial charge >= 0.3 is 0 Å². The molecule has 1 aliphatic carbocycles. The van der Waals surface area contributed by atoms with Crippen LogP contribution in [0, 0.1) is 5.92 Å². The van der Waals surface area contributed by atoms with E-state index in [0.717, 1.165) is 13.1 Å². The van der Waals surface area contributed by atoms with Gasteiger partial charge in [0.2, 0.25) is 0 Å². The van der Waals surface area contributed by atoms with Gasteiger partial charge in [-0.05, 0) is 32.4 Å². The quantitative estimate of drug-likeness (QED) is 0.727. The molecule has 102 valence electrons. The minimum atomic E-state index is -2.22. The largest absolute Gasteiger partial charge is 0.314 e. The van der Waals surface area contributed by atoms with E-state index in [9.17, 15) is 8.78 Å². The zero-order chi connectivity index (χ0) is 12.7. The van der Waals surface area contributed by atoms with Crippen LogP contribution in [0.3, 0.4) is 0 Å². The SMILES string of the molecule is CCNC1CCCCCC1CN(C)CC(F)F. The van der Waals surface area contributed by atoms with Gasteiger partial charge in [0.25, 0.3) is 6.43 Å². The van der Waals surface area contributed by atoms with Crippen molar-refractivity contribution in [2.24, 2.45) is 5.92 Å². The first-order valence-corrected chi connectivity index (χ1v) is 6.83. The van der Waals surface area contributed by atoms with Crippen molar-refractivity contribution in [1.82, 2.24) is 10.2 Å². The van der Waals surface area contributed by atoms with Crippen LogP contribution < -0.4 is 5.32 Å². The minimum absolute atomic E-state index is 0.102. The summed E-state index contributed by atoms with van der Waals surface area (Å²) < 4.78 is 24.6. The third-order valence-electron chi connectivity index (χ3n) is 3.62. The fourth-order valence-corrected chi connectivity index (χ4v) is 2.84. The Morgan fingerprint density at radius 1 is 1.24 bits per heavy atom. The topological polar surface area (TPSA) is 15.3 Å². The van der Waals surface area contributed by atoms with Crippen molar-refractivity contribution in [2.75, 3.05) is 26.7 Å². The van der Waals surface area contributed by atoms with Crippen molar-refractivity contribution in [1.29, 1.82) is 0 Å². The van der Waals surface area contributed by atoms with Gasteiger partial charge in [0.15, 0.2) is 0 Å². The predicted molar refractivity (Wildman–Crippen MR) is 67.5 cm³/mol. The van der Waals surface area contributed by atoms with Crippen molar-refractivity contribution in [3.8, 4) is 0 Å². The highest BCUT2D eigenvalue weighted by Gasteiger charge is 2.24. The van der Waals surface area contributed by atoms with Gasteiger partial charge in [0.05, 0.1) is 6.54 Å². The summed E-state index contributed by atoms with van der Waals surface area (Å²) in [5.41, 5.74) is 0. The molecule has 1 fully saturated rings. The highest BCUT2D eigenvalue weighted by atomic mass is 19.3. The Hall–Kier alpha value is -0.220. The zero-order valence-corrected chi connectivity index (χ0v) is 11.1. The van der Waals surface area contributed by atoms with Crippen LogP contribution in [0.4, 0.5) is 8.78 Å². The van der Waals surface area contributed by atoms with Gasteiger partial charge in [-0.15, -0.1) is 0 Å². The molecule has 0 aromatic heterocycles. The Kier molecular flexibility index (Phi) is 6.97. The molecule has 1 rings (SSSR count). The van der Waals surface area contributed by atoms with Crippen molar-refractivity contribution >= 4 is 0 Å². The molecule has 2 unspecified atom stereocenters. The molecule has 2 atom stereocenters. The smallest absolute Gasteiger partial charge is 0.251 e. The van der Waals surface area contributed by atoms with Gasteiger partial charge in [-0.25, -0.2) is 8.78 Å². The van der Waals surface area contributed by atoms with Crippen LogP contribution in [0.2, 0.25) is 0 Å². The van der Waals surface area contributed by atoms with E-state index in [2.05, 4.69) is 12.2 Å². The Bertz CT molecular complexity index is 200. The van der Waals surface area contributed by atoms with Crippen LogP contribution in [0.1, 0.15) is 39.0 Å².